The van der Waals surface area contributed by atoms with Crippen LogP contribution in [0.4, 0.5) is 5.82 Å². The van der Waals surface area contributed by atoms with Crippen molar-refractivity contribution in [3.63, 3.8) is 0 Å². The maximum absolute atomic E-state index is 6.39. The van der Waals surface area contributed by atoms with Crippen LogP contribution in [-0.2, 0) is 11.3 Å². The summed E-state index contributed by atoms with van der Waals surface area (Å²) in [6, 6.07) is 2.20. The number of nitrogens with zero attached hydrogens (tertiary/aromatic N) is 2. The fraction of sp³-hybridized carbons (Fsp3) is 0.615. The third-order valence-corrected chi connectivity index (χ3v) is 3.79. The average Bonchev–Trinajstić information content (AvgIpc) is 2.39. The van der Waals surface area contributed by atoms with Crippen molar-refractivity contribution < 1.29 is 4.74 Å². The molecule has 4 nitrogen and oxygen atoms in total. The minimum absolute atomic E-state index is 0.201. The first-order valence-electron chi connectivity index (χ1n) is 6.39. The monoisotopic (exact) mass is 269 g/mol. The van der Waals surface area contributed by atoms with Gasteiger partial charge in [-0.25, -0.2) is 4.98 Å². The molecule has 0 amide bonds. The zero-order valence-corrected chi connectivity index (χ0v) is 11.7. The van der Waals surface area contributed by atoms with Crippen LogP contribution in [0.3, 0.4) is 0 Å². The first kappa shape index (κ1) is 13.6. The van der Waals surface area contributed by atoms with E-state index in [1.54, 1.807) is 6.20 Å². The molecule has 0 spiro atoms. The predicted molar refractivity (Wildman–Crippen MR) is 74.0 cm³/mol. The van der Waals surface area contributed by atoms with E-state index in [2.05, 4.69) is 23.7 Å². The van der Waals surface area contributed by atoms with Gasteiger partial charge in [0.2, 0.25) is 0 Å². The van der Waals surface area contributed by atoms with Gasteiger partial charge in [-0.2, -0.15) is 0 Å². The van der Waals surface area contributed by atoms with Crippen LogP contribution in [0.2, 0.25) is 5.02 Å². The number of rotatable bonds is 3. The number of pyridine rings is 1. The third-order valence-electron chi connectivity index (χ3n) is 3.38. The van der Waals surface area contributed by atoms with E-state index in [1.807, 2.05) is 6.07 Å². The molecule has 2 N–H and O–H groups in total. The minimum atomic E-state index is 0.201. The fourth-order valence-corrected chi connectivity index (χ4v) is 2.57. The molecule has 0 aromatic carbocycles. The molecule has 0 radical (unpaired) electrons. The van der Waals surface area contributed by atoms with Gasteiger partial charge >= 0.3 is 0 Å². The number of halogens is 1. The number of ether oxygens (including phenoxy) is 1. The summed E-state index contributed by atoms with van der Waals surface area (Å²) in [5.74, 6) is 0.835. The molecular weight excluding hydrogens is 250 g/mol. The molecule has 5 heteroatoms. The molecule has 100 valence electrons. The van der Waals surface area contributed by atoms with Crippen LogP contribution in [-0.4, -0.2) is 30.3 Å². The lowest BCUT2D eigenvalue weighted by Gasteiger charge is -2.39. The van der Waals surface area contributed by atoms with Crippen LogP contribution in [0.1, 0.15) is 25.8 Å². The molecule has 1 aliphatic rings. The van der Waals surface area contributed by atoms with Crippen molar-refractivity contribution >= 4 is 17.4 Å². The average molecular weight is 270 g/mol. The van der Waals surface area contributed by atoms with Crippen LogP contribution in [0, 0.1) is 0 Å². The lowest BCUT2D eigenvalue weighted by atomic mass is 10.1. The Bertz CT molecular complexity index is 413. The molecule has 2 rings (SSSR count). The molecule has 0 saturated carbocycles. The van der Waals surface area contributed by atoms with Gasteiger partial charge in [0.1, 0.15) is 5.82 Å². The quantitative estimate of drug-likeness (QED) is 0.914. The van der Waals surface area contributed by atoms with Gasteiger partial charge in [0.25, 0.3) is 0 Å². The molecule has 1 aromatic heterocycles. The largest absolute Gasteiger partial charge is 0.375 e. The molecule has 2 atom stereocenters. The van der Waals surface area contributed by atoms with Crippen molar-refractivity contribution in [2.45, 2.75) is 39.0 Å². The van der Waals surface area contributed by atoms with E-state index in [1.165, 1.54) is 0 Å². The van der Waals surface area contributed by atoms with E-state index in [9.17, 15) is 0 Å². The fourth-order valence-electron chi connectivity index (χ4n) is 2.27. The molecule has 18 heavy (non-hydrogen) atoms. The van der Waals surface area contributed by atoms with Gasteiger partial charge in [0, 0.05) is 19.3 Å². The Hall–Kier alpha value is -0.840. The maximum Gasteiger partial charge on any atom is 0.148 e. The molecule has 1 saturated heterocycles. The Morgan fingerprint density at radius 3 is 3.06 bits per heavy atom. The Morgan fingerprint density at radius 2 is 2.39 bits per heavy atom. The van der Waals surface area contributed by atoms with Crippen molar-refractivity contribution in [1.82, 2.24) is 4.98 Å². The highest BCUT2D eigenvalue weighted by atomic mass is 35.5. The van der Waals surface area contributed by atoms with Crippen molar-refractivity contribution in [2.75, 3.05) is 18.1 Å². The van der Waals surface area contributed by atoms with E-state index in [0.717, 1.165) is 31.0 Å². The summed E-state index contributed by atoms with van der Waals surface area (Å²) in [5, 5.41) is 0.674. The SMILES string of the molecule is CCC1COC(C)CN1c1nccc(CN)c1Cl. The second-order valence-corrected chi connectivity index (χ2v) is 5.05. The van der Waals surface area contributed by atoms with Gasteiger partial charge in [-0.15, -0.1) is 0 Å². The number of nitrogens with two attached hydrogens (primary N) is 1. The molecular formula is C13H20ClN3O. The Labute approximate surface area is 113 Å². The Kier molecular flexibility index (Phi) is 4.43. The van der Waals surface area contributed by atoms with E-state index >= 15 is 0 Å². The smallest absolute Gasteiger partial charge is 0.148 e. The van der Waals surface area contributed by atoms with Gasteiger partial charge in [-0.1, -0.05) is 18.5 Å². The summed E-state index contributed by atoms with van der Waals surface area (Å²) in [6.07, 6.45) is 2.99. The summed E-state index contributed by atoms with van der Waals surface area (Å²) in [4.78, 5) is 6.67. The van der Waals surface area contributed by atoms with E-state index in [0.29, 0.717) is 17.6 Å². The number of anilines is 1. The standard InChI is InChI=1S/C13H20ClN3O/c1-3-11-8-18-9(2)7-17(11)13-12(14)10(6-15)4-5-16-13/h4-5,9,11H,3,6-8,15H2,1-2H3. The predicted octanol–water partition coefficient (Wildman–Crippen LogP) is 2.20. The normalized spacial score (nSPS) is 24.3. The highest BCUT2D eigenvalue weighted by Crippen LogP contribution is 2.30. The zero-order valence-electron chi connectivity index (χ0n) is 10.9. The van der Waals surface area contributed by atoms with Crippen molar-refractivity contribution in [2.24, 2.45) is 5.73 Å². The Morgan fingerprint density at radius 1 is 1.61 bits per heavy atom. The summed E-state index contributed by atoms with van der Waals surface area (Å²) in [6.45, 7) is 6.20. The van der Waals surface area contributed by atoms with Crippen molar-refractivity contribution in [3.8, 4) is 0 Å². The Balaban J connectivity index is 2.33. The van der Waals surface area contributed by atoms with Gasteiger partial charge in [0.05, 0.1) is 23.8 Å². The molecule has 0 aliphatic carbocycles. The first-order chi connectivity index (χ1) is 8.67. The van der Waals surface area contributed by atoms with Gasteiger partial charge in [-0.3, -0.25) is 0 Å². The number of aromatic nitrogens is 1. The van der Waals surface area contributed by atoms with Crippen LogP contribution < -0.4 is 10.6 Å². The summed E-state index contributed by atoms with van der Waals surface area (Å²) in [7, 11) is 0. The second kappa shape index (κ2) is 5.87. The number of morpholine rings is 1. The maximum atomic E-state index is 6.39. The van der Waals surface area contributed by atoms with Crippen molar-refractivity contribution in [1.29, 1.82) is 0 Å². The van der Waals surface area contributed by atoms with Gasteiger partial charge < -0.3 is 15.4 Å². The van der Waals surface area contributed by atoms with Gasteiger partial charge in [-0.05, 0) is 25.0 Å². The second-order valence-electron chi connectivity index (χ2n) is 4.67. The summed E-state index contributed by atoms with van der Waals surface area (Å²) in [5.41, 5.74) is 6.63. The molecule has 2 unspecified atom stereocenters. The zero-order chi connectivity index (χ0) is 13.1. The first-order valence-corrected chi connectivity index (χ1v) is 6.76. The summed E-state index contributed by atoms with van der Waals surface area (Å²) >= 11 is 6.39. The van der Waals surface area contributed by atoms with Crippen LogP contribution in [0.25, 0.3) is 0 Å². The van der Waals surface area contributed by atoms with Crippen molar-refractivity contribution in [3.05, 3.63) is 22.8 Å². The highest BCUT2D eigenvalue weighted by Gasteiger charge is 2.28. The molecule has 1 aliphatic heterocycles. The molecule has 2 heterocycles. The minimum Gasteiger partial charge on any atom is -0.375 e. The topological polar surface area (TPSA) is 51.4 Å². The van der Waals surface area contributed by atoms with E-state index < -0.39 is 0 Å². The number of hydrogen-bond acceptors (Lipinski definition) is 4. The lowest BCUT2D eigenvalue weighted by Crippen LogP contribution is -2.49. The third kappa shape index (κ3) is 2.60. The number of hydrogen-bond donors (Lipinski definition) is 1. The van der Waals surface area contributed by atoms with E-state index in [-0.39, 0.29) is 6.10 Å². The molecule has 1 fully saturated rings. The highest BCUT2D eigenvalue weighted by molar-refractivity contribution is 6.33. The van der Waals surface area contributed by atoms with Crippen LogP contribution in [0.15, 0.2) is 12.3 Å². The molecule has 0 bridgehead atoms. The van der Waals surface area contributed by atoms with E-state index in [4.69, 9.17) is 22.1 Å². The van der Waals surface area contributed by atoms with Crippen LogP contribution in [0.5, 0.6) is 0 Å². The van der Waals surface area contributed by atoms with Crippen LogP contribution >= 0.6 is 11.6 Å². The lowest BCUT2D eigenvalue weighted by molar-refractivity contribution is 0.0296. The van der Waals surface area contributed by atoms with Gasteiger partial charge in [0.15, 0.2) is 0 Å². The molecule has 1 aromatic rings. The summed E-state index contributed by atoms with van der Waals surface area (Å²) < 4.78 is 5.69.